The van der Waals surface area contributed by atoms with Gasteiger partial charge in [-0.15, -0.1) is 5.10 Å². The van der Waals surface area contributed by atoms with Gasteiger partial charge in [-0.3, -0.25) is 9.69 Å². The van der Waals surface area contributed by atoms with E-state index < -0.39 is 6.04 Å². The number of tetrazole rings is 1. The molecule has 2 aromatic heterocycles. The van der Waals surface area contributed by atoms with E-state index in [1.807, 2.05) is 61.5 Å². The van der Waals surface area contributed by atoms with Gasteiger partial charge in [0.15, 0.2) is 5.82 Å². The maximum Gasteiger partial charge on any atom is 0.253 e. The molecule has 0 fully saturated rings. The lowest BCUT2D eigenvalue weighted by molar-refractivity contribution is 0.169. The fraction of sp³-hybridized carbons (Fsp3) is 0.241. The molecular weight excluding hydrogens is 483 g/mol. The largest absolute Gasteiger partial charge is 0.383 e. The first-order chi connectivity index (χ1) is 18.5. The lowest BCUT2D eigenvalue weighted by atomic mass is 10.0. The van der Waals surface area contributed by atoms with Gasteiger partial charge in [0.25, 0.3) is 5.56 Å². The molecule has 0 aliphatic heterocycles. The van der Waals surface area contributed by atoms with Crippen molar-refractivity contribution in [1.82, 2.24) is 30.1 Å². The zero-order valence-corrected chi connectivity index (χ0v) is 21.3. The zero-order valence-electron chi connectivity index (χ0n) is 21.3. The van der Waals surface area contributed by atoms with Crippen LogP contribution in [-0.4, -0.2) is 43.8 Å². The fourth-order valence-electron chi connectivity index (χ4n) is 4.67. The summed E-state index contributed by atoms with van der Waals surface area (Å²) in [5.41, 5.74) is 4.11. The van der Waals surface area contributed by atoms with Gasteiger partial charge in [0, 0.05) is 31.3 Å². The molecular formula is C29H29FN6O2. The molecule has 0 radical (unpaired) electrons. The number of hydrogen-bond acceptors (Lipinski definition) is 6. The minimum Gasteiger partial charge on any atom is -0.383 e. The van der Waals surface area contributed by atoms with Crippen LogP contribution in [0.2, 0.25) is 0 Å². The molecule has 0 amide bonds. The first-order valence-corrected chi connectivity index (χ1v) is 12.4. The van der Waals surface area contributed by atoms with E-state index in [0.717, 1.165) is 27.6 Å². The van der Waals surface area contributed by atoms with Gasteiger partial charge in [0.05, 0.1) is 13.2 Å². The van der Waals surface area contributed by atoms with Crippen LogP contribution in [0.3, 0.4) is 0 Å². The first kappa shape index (κ1) is 25.4. The molecule has 5 rings (SSSR count). The second-order valence-electron chi connectivity index (χ2n) is 9.32. The van der Waals surface area contributed by atoms with E-state index in [9.17, 15) is 9.18 Å². The molecule has 3 aromatic carbocycles. The Bertz CT molecular complexity index is 1570. The highest BCUT2D eigenvalue weighted by atomic mass is 19.1. The van der Waals surface area contributed by atoms with Crippen molar-refractivity contribution in [2.75, 3.05) is 13.7 Å². The Morgan fingerprint density at radius 1 is 1.00 bits per heavy atom. The van der Waals surface area contributed by atoms with Gasteiger partial charge < -0.3 is 9.72 Å². The van der Waals surface area contributed by atoms with E-state index in [-0.39, 0.29) is 11.4 Å². The van der Waals surface area contributed by atoms with Gasteiger partial charge in [-0.05, 0) is 64.2 Å². The first-order valence-electron chi connectivity index (χ1n) is 12.4. The normalized spacial score (nSPS) is 12.3. The molecule has 38 heavy (non-hydrogen) atoms. The molecule has 8 nitrogen and oxygen atoms in total. The topological polar surface area (TPSA) is 88.9 Å². The minimum atomic E-state index is -0.597. The molecule has 5 aromatic rings. The van der Waals surface area contributed by atoms with E-state index in [1.165, 1.54) is 12.1 Å². The van der Waals surface area contributed by atoms with Crippen molar-refractivity contribution in [3.05, 3.63) is 123 Å². The summed E-state index contributed by atoms with van der Waals surface area (Å²) in [6.45, 7) is 3.79. The fourth-order valence-corrected chi connectivity index (χ4v) is 4.67. The van der Waals surface area contributed by atoms with Gasteiger partial charge in [0.1, 0.15) is 11.9 Å². The number of hydrogen-bond donors (Lipinski definition) is 1. The minimum absolute atomic E-state index is 0.218. The maximum absolute atomic E-state index is 13.7. The molecule has 0 aliphatic rings. The number of nitrogens with one attached hydrogen (secondary N) is 1. The van der Waals surface area contributed by atoms with Gasteiger partial charge in [-0.1, -0.05) is 54.1 Å². The Morgan fingerprint density at radius 3 is 2.47 bits per heavy atom. The highest BCUT2D eigenvalue weighted by Crippen LogP contribution is 2.30. The van der Waals surface area contributed by atoms with Gasteiger partial charge >= 0.3 is 0 Å². The van der Waals surface area contributed by atoms with Crippen LogP contribution < -0.4 is 5.56 Å². The maximum atomic E-state index is 13.7. The van der Waals surface area contributed by atoms with Crippen molar-refractivity contribution < 1.29 is 9.13 Å². The third-order valence-electron chi connectivity index (χ3n) is 6.53. The second kappa shape index (κ2) is 11.5. The van der Waals surface area contributed by atoms with Gasteiger partial charge in [-0.2, -0.15) is 0 Å². The van der Waals surface area contributed by atoms with Crippen LogP contribution in [0.5, 0.6) is 0 Å². The summed E-state index contributed by atoms with van der Waals surface area (Å²) in [6, 6.07) is 23.6. The van der Waals surface area contributed by atoms with E-state index in [2.05, 4.69) is 25.4 Å². The quantitative estimate of drug-likeness (QED) is 0.298. The standard InChI is InChI=1S/C29H29FN6O2/c1-20-8-13-26-23(16-20)17-25(29(37)31-26)27(28-32-33-34-36(28)14-15-38-2)35(18-21-6-4-3-5-7-21)19-22-9-11-24(30)12-10-22/h3-13,16-17,27H,14-15,18-19H2,1-2H3,(H,31,37)/t27-/m0/s1. The number of aromatic nitrogens is 5. The van der Waals surface area contributed by atoms with Gasteiger partial charge in [-0.25, -0.2) is 9.07 Å². The van der Waals surface area contributed by atoms with Crippen LogP contribution >= 0.6 is 0 Å². The lowest BCUT2D eigenvalue weighted by Crippen LogP contribution is -2.35. The van der Waals surface area contributed by atoms with Crippen LogP contribution in [0.25, 0.3) is 10.9 Å². The molecule has 0 aliphatic carbocycles. The molecule has 0 spiro atoms. The number of aromatic amines is 1. The van der Waals surface area contributed by atoms with Crippen molar-refractivity contribution >= 4 is 10.9 Å². The number of pyridine rings is 1. The van der Waals surface area contributed by atoms with E-state index in [1.54, 1.807) is 23.9 Å². The summed E-state index contributed by atoms with van der Waals surface area (Å²) in [5.74, 6) is 0.224. The van der Waals surface area contributed by atoms with Gasteiger partial charge in [0.2, 0.25) is 0 Å². The van der Waals surface area contributed by atoms with E-state index in [0.29, 0.717) is 37.6 Å². The number of nitrogens with zero attached hydrogens (tertiary/aromatic N) is 5. The van der Waals surface area contributed by atoms with Crippen LogP contribution in [0.15, 0.2) is 83.7 Å². The number of aryl methyl sites for hydroxylation is 1. The summed E-state index contributed by atoms with van der Waals surface area (Å²) in [5, 5.41) is 13.5. The number of halogens is 1. The average molecular weight is 513 g/mol. The smallest absolute Gasteiger partial charge is 0.253 e. The monoisotopic (exact) mass is 512 g/mol. The van der Waals surface area contributed by atoms with E-state index >= 15 is 0 Å². The highest BCUT2D eigenvalue weighted by Gasteiger charge is 2.31. The number of benzene rings is 3. The Hall–Kier alpha value is -4.21. The summed E-state index contributed by atoms with van der Waals surface area (Å²) < 4.78 is 20.7. The molecule has 0 saturated heterocycles. The molecule has 0 saturated carbocycles. The number of fused-ring (bicyclic) bond motifs is 1. The number of H-pyrrole nitrogens is 1. The van der Waals surface area contributed by atoms with Crippen LogP contribution in [0.4, 0.5) is 4.39 Å². The third-order valence-corrected chi connectivity index (χ3v) is 6.53. The molecule has 1 atom stereocenters. The van der Waals surface area contributed by atoms with Crippen molar-refractivity contribution in [3.63, 3.8) is 0 Å². The number of ether oxygens (including phenoxy) is 1. The van der Waals surface area contributed by atoms with Crippen LogP contribution in [0, 0.1) is 12.7 Å². The zero-order chi connectivity index (χ0) is 26.5. The Labute approximate surface area is 219 Å². The summed E-state index contributed by atoms with van der Waals surface area (Å²) in [6.07, 6.45) is 0. The summed E-state index contributed by atoms with van der Waals surface area (Å²) in [7, 11) is 1.62. The van der Waals surface area contributed by atoms with Crippen molar-refractivity contribution in [3.8, 4) is 0 Å². The Kier molecular flexibility index (Phi) is 7.67. The molecule has 194 valence electrons. The van der Waals surface area contributed by atoms with Crippen molar-refractivity contribution in [2.24, 2.45) is 0 Å². The highest BCUT2D eigenvalue weighted by molar-refractivity contribution is 5.79. The van der Waals surface area contributed by atoms with E-state index in [4.69, 9.17) is 4.74 Å². The lowest BCUT2D eigenvalue weighted by Gasteiger charge is -2.31. The summed E-state index contributed by atoms with van der Waals surface area (Å²) in [4.78, 5) is 18.8. The van der Waals surface area contributed by atoms with Crippen LogP contribution in [-0.2, 0) is 24.4 Å². The summed E-state index contributed by atoms with van der Waals surface area (Å²) >= 11 is 0. The third kappa shape index (κ3) is 5.69. The Morgan fingerprint density at radius 2 is 1.74 bits per heavy atom. The second-order valence-corrected chi connectivity index (χ2v) is 9.32. The molecule has 0 bridgehead atoms. The van der Waals surface area contributed by atoms with Crippen molar-refractivity contribution in [1.29, 1.82) is 0 Å². The predicted octanol–water partition coefficient (Wildman–Crippen LogP) is 4.40. The van der Waals surface area contributed by atoms with Crippen LogP contribution in [0.1, 0.15) is 34.1 Å². The Balaban J connectivity index is 1.69. The number of methoxy groups -OCH3 is 1. The molecule has 0 unspecified atom stereocenters. The SMILES string of the molecule is COCCn1nnnc1[C@H](c1cc2cc(C)ccc2[nH]c1=O)N(Cc1ccccc1)Cc1ccc(F)cc1. The predicted molar refractivity (Wildman–Crippen MR) is 143 cm³/mol. The average Bonchev–Trinajstić information content (AvgIpc) is 3.38. The molecule has 1 N–H and O–H groups in total. The number of rotatable bonds is 10. The molecule has 2 heterocycles. The molecule has 9 heteroatoms. The van der Waals surface area contributed by atoms with Crippen molar-refractivity contribution in [2.45, 2.75) is 32.6 Å².